The minimum absolute atomic E-state index is 0.146. The van der Waals surface area contributed by atoms with Gasteiger partial charge in [0, 0.05) is 24.8 Å². The number of aryl methyl sites for hydroxylation is 1. The first-order chi connectivity index (χ1) is 7.70. The molecule has 0 aromatic heterocycles. The molecule has 0 radical (unpaired) electrons. The second kappa shape index (κ2) is 4.83. The number of likely N-dealkylation sites (N-methyl/N-ethyl adjacent to an activating group) is 1. The molecule has 0 amide bonds. The van der Waals surface area contributed by atoms with Gasteiger partial charge in [-0.1, -0.05) is 13.0 Å². The summed E-state index contributed by atoms with van der Waals surface area (Å²) in [6, 6.07) is 5.57. The van der Waals surface area contributed by atoms with E-state index in [1.165, 1.54) is 6.07 Å². The van der Waals surface area contributed by atoms with Gasteiger partial charge >= 0.3 is 0 Å². The summed E-state index contributed by atoms with van der Waals surface area (Å²) < 4.78 is 13.2. The van der Waals surface area contributed by atoms with Gasteiger partial charge in [0.05, 0.1) is 0 Å². The van der Waals surface area contributed by atoms with Crippen molar-refractivity contribution in [1.82, 2.24) is 5.32 Å². The van der Waals surface area contributed by atoms with Crippen LogP contribution in [0.25, 0.3) is 0 Å². The van der Waals surface area contributed by atoms with Crippen molar-refractivity contribution in [2.45, 2.75) is 26.3 Å². The number of rotatable bonds is 3. The van der Waals surface area contributed by atoms with Crippen molar-refractivity contribution >= 4 is 5.69 Å². The van der Waals surface area contributed by atoms with Crippen molar-refractivity contribution in [3.8, 4) is 0 Å². The van der Waals surface area contributed by atoms with E-state index in [0.717, 1.165) is 37.3 Å². The third-order valence-electron chi connectivity index (χ3n) is 3.19. The molecule has 1 fully saturated rings. The normalized spacial score (nSPS) is 20.4. The summed E-state index contributed by atoms with van der Waals surface area (Å²) in [5.74, 6) is -0.146. The first-order valence-corrected chi connectivity index (χ1v) is 5.95. The van der Waals surface area contributed by atoms with Crippen LogP contribution < -0.4 is 10.2 Å². The van der Waals surface area contributed by atoms with Crippen LogP contribution in [0.4, 0.5) is 10.1 Å². The molecule has 1 heterocycles. The molecule has 2 nitrogen and oxygen atoms in total. The Kier molecular flexibility index (Phi) is 3.44. The fourth-order valence-corrected chi connectivity index (χ4v) is 2.36. The fourth-order valence-electron chi connectivity index (χ4n) is 2.36. The van der Waals surface area contributed by atoms with Crippen molar-refractivity contribution in [2.24, 2.45) is 0 Å². The quantitative estimate of drug-likeness (QED) is 0.844. The molecule has 1 aromatic rings. The maximum atomic E-state index is 13.2. The zero-order valence-corrected chi connectivity index (χ0v) is 9.96. The van der Waals surface area contributed by atoms with E-state index in [4.69, 9.17) is 0 Å². The number of anilines is 1. The lowest BCUT2D eigenvalue weighted by Crippen LogP contribution is -2.32. The van der Waals surface area contributed by atoms with Gasteiger partial charge in [-0.05, 0) is 37.6 Å². The molecule has 1 N–H and O–H groups in total. The number of halogens is 1. The van der Waals surface area contributed by atoms with Gasteiger partial charge in [-0.3, -0.25) is 0 Å². The van der Waals surface area contributed by atoms with Crippen LogP contribution in [0.1, 0.15) is 18.9 Å². The summed E-state index contributed by atoms with van der Waals surface area (Å²) in [4.78, 5) is 2.27. The van der Waals surface area contributed by atoms with Crippen molar-refractivity contribution < 1.29 is 4.39 Å². The van der Waals surface area contributed by atoms with E-state index >= 15 is 0 Å². The summed E-state index contributed by atoms with van der Waals surface area (Å²) in [6.45, 7) is 7.16. The maximum Gasteiger partial charge on any atom is 0.125 e. The van der Waals surface area contributed by atoms with Crippen LogP contribution in [0.2, 0.25) is 0 Å². The van der Waals surface area contributed by atoms with Gasteiger partial charge in [0.25, 0.3) is 0 Å². The van der Waals surface area contributed by atoms with Crippen molar-refractivity contribution in [3.63, 3.8) is 0 Å². The largest absolute Gasteiger partial charge is 0.370 e. The lowest BCUT2D eigenvalue weighted by atomic mass is 10.2. The van der Waals surface area contributed by atoms with Crippen LogP contribution in [0.3, 0.4) is 0 Å². The third-order valence-corrected chi connectivity index (χ3v) is 3.19. The third kappa shape index (κ3) is 2.35. The number of hydrogen-bond acceptors (Lipinski definition) is 2. The molecule has 0 bridgehead atoms. The van der Waals surface area contributed by atoms with E-state index in [-0.39, 0.29) is 5.82 Å². The molecule has 88 valence electrons. The van der Waals surface area contributed by atoms with Gasteiger partial charge < -0.3 is 10.2 Å². The molecule has 1 atom stereocenters. The Labute approximate surface area is 96.5 Å². The number of hydrogen-bond donors (Lipinski definition) is 1. The predicted octanol–water partition coefficient (Wildman–Crippen LogP) is 2.32. The first kappa shape index (κ1) is 11.4. The lowest BCUT2D eigenvalue weighted by molar-refractivity contribution is 0.571. The van der Waals surface area contributed by atoms with Crippen LogP contribution in [-0.4, -0.2) is 25.7 Å². The summed E-state index contributed by atoms with van der Waals surface area (Å²) in [7, 11) is 0. The number of benzene rings is 1. The zero-order chi connectivity index (χ0) is 11.5. The van der Waals surface area contributed by atoms with Crippen LogP contribution >= 0.6 is 0 Å². The van der Waals surface area contributed by atoms with Crippen molar-refractivity contribution in [1.29, 1.82) is 0 Å². The highest BCUT2D eigenvalue weighted by Crippen LogP contribution is 2.25. The second-order valence-corrected chi connectivity index (χ2v) is 4.42. The van der Waals surface area contributed by atoms with Gasteiger partial charge in [0.15, 0.2) is 0 Å². The van der Waals surface area contributed by atoms with E-state index in [2.05, 4.69) is 17.1 Å². The Morgan fingerprint density at radius 2 is 2.31 bits per heavy atom. The van der Waals surface area contributed by atoms with Crippen LogP contribution in [0.5, 0.6) is 0 Å². The highest BCUT2D eigenvalue weighted by Gasteiger charge is 2.22. The molecule has 0 saturated carbocycles. The molecule has 1 saturated heterocycles. The molecule has 16 heavy (non-hydrogen) atoms. The monoisotopic (exact) mass is 222 g/mol. The van der Waals surface area contributed by atoms with E-state index in [1.807, 2.05) is 13.0 Å². The average Bonchev–Trinajstić information content (AvgIpc) is 2.71. The van der Waals surface area contributed by atoms with E-state index in [9.17, 15) is 4.39 Å². The topological polar surface area (TPSA) is 15.3 Å². The Hall–Kier alpha value is -1.09. The molecule has 1 aromatic carbocycles. The maximum absolute atomic E-state index is 13.2. The molecule has 3 heteroatoms. The number of nitrogens with zero attached hydrogens (tertiary/aromatic N) is 1. The first-order valence-electron chi connectivity index (χ1n) is 5.95. The summed E-state index contributed by atoms with van der Waals surface area (Å²) in [5, 5.41) is 3.44. The summed E-state index contributed by atoms with van der Waals surface area (Å²) >= 11 is 0. The fraction of sp³-hybridized carbons (Fsp3) is 0.538. The van der Waals surface area contributed by atoms with Gasteiger partial charge in [-0.2, -0.15) is 0 Å². The molecule has 0 spiro atoms. The van der Waals surface area contributed by atoms with Gasteiger partial charge in [-0.25, -0.2) is 4.39 Å². The van der Waals surface area contributed by atoms with E-state index < -0.39 is 0 Å². The number of nitrogens with one attached hydrogen (secondary N) is 1. The standard InChI is InChI=1S/C13H19FN2/c1-3-15-12-6-7-16(9-12)13-8-11(14)5-4-10(13)2/h4-5,8,12,15H,3,6-7,9H2,1-2H3. The van der Waals surface area contributed by atoms with E-state index in [1.54, 1.807) is 6.07 Å². The van der Waals surface area contributed by atoms with Gasteiger partial charge in [0.2, 0.25) is 0 Å². The Morgan fingerprint density at radius 3 is 3.06 bits per heavy atom. The van der Waals surface area contributed by atoms with Gasteiger partial charge in [0.1, 0.15) is 5.82 Å². The predicted molar refractivity (Wildman–Crippen MR) is 65.4 cm³/mol. The Bertz CT molecular complexity index is 365. The SMILES string of the molecule is CCNC1CCN(c2cc(F)ccc2C)C1. The molecule has 1 aliphatic heterocycles. The van der Waals surface area contributed by atoms with Crippen LogP contribution in [0.15, 0.2) is 18.2 Å². The lowest BCUT2D eigenvalue weighted by Gasteiger charge is -2.21. The van der Waals surface area contributed by atoms with Crippen LogP contribution in [-0.2, 0) is 0 Å². The smallest absolute Gasteiger partial charge is 0.125 e. The molecule has 1 aliphatic rings. The molecular weight excluding hydrogens is 203 g/mol. The summed E-state index contributed by atoms with van der Waals surface area (Å²) in [6.07, 6.45) is 1.14. The minimum atomic E-state index is -0.146. The van der Waals surface area contributed by atoms with Gasteiger partial charge in [-0.15, -0.1) is 0 Å². The molecule has 1 unspecified atom stereocenters. The van der Waals surface area contributed by atoms with Crippen molar-refractivity contribution in [3.05, 3.63) is 29.6 Å². The molecule has 0 aliphatic carbocycles. The van der Waals surface area contributed by atoms with E-state index in [0.29, 0.717) is 6.04 Å². The van der Waals surface area contributed by atoms with Crippen molar-refractivity contribution in [2.75, 3.05) is 24.5 Å². The minimum Gasteiger partial charge on any atom is -0.370 e. The summed E-state index contributed by atoms with van der Waals surface area (Å²) in [5.41, 5.74) is 2.19. The second-order valence-electron chi connectivity index (χ2n) is 4.42. The zero-order valence-electron chi connectivity index (χ0n) is 9.96. The highest BCUT2D eigenvalue weighted by atomic mass is 19.1. The molecular formula is C13H19FN2. The Balaban J connectivity index is 2.11. The average molecular weight is 222 g/mol. The molecule has 2 rings (SSSR count). The van der Waals surface area contributed by atoms with Crippen LogP contribution in [0, 0.1) is 12.7 Å². The Morgan fingerprint density at radius 1 is 1.50 bits per heavy atom. The highest BCUT2D eigenvalue weighted by molar-refractivity contribution is 5.54.